The largest absolute Gasteiger partial charge is 0.416 e. The summed E-state index contributed by atoms with van der Waals surface area (Å²) in [5.41, 5.74) is -1.89. The van der Waals surface area contributed by atoms with Gasteiger partial charge >= 0.3 is 12.4 Å². The Labute approximate surface area is 343 Å². The number of nitrogens with one attached hydrogen (secondary N) is 1. The molecule has 2 aliphatic rings. The highest BCUT2D eigenvalue weighted by Crippen LogP contribution is 2.44. The Morgan fingerprint density at radius 2 is 1.13 bits per heavy atom. The Morgan fingerprint density at radius 1 is 0.633 bits per heavy atom. The molecule has 1 unspecified atom stereocenters. The number of H-pyrrole nitrogens is 1. The smallest absolute Gasteiger partial charge is 0.361 e. The van der Waals surface area contributed by atoms with E-state index in [-0.39, 0.29) is 25.6 Å². The highest BCUT2D eigenvalue weighted by molar-refractivity contribution is 6.04. The molecular formula is C47H41F6N5O2. The normalized spacial score (nSPS) is 18.7. The van der Waals surface area contributed by atoms with Crippen molar-refractivity contribution in [3.8, 4) is 0 Å². The van der Waals surface area contributed by atoms with Crippen LogP contribution >= 0.6 is 0 Å². The molecular weight excluding hydrogens is 781 g/mol. The standard InChI is InChI=1S/C47H41F6N5O2/c48-46(49,50)39-28-34(29-40(30-39)47(51,52)53)43(60)44(31-35-32-54-42-19-11-10-18-41(35)42)33-58(25-20-55(44)26-27-59)57-23-21-56(22-24-57)45(36-12-4-1-5-13-36,37-14-6-2-7-15-37)38-16-8-3-9-17-38/h1-19,26,28-30,32,54H,20-25,31,33H2. The number of fused-ring (bicyclic) bond motifs is 1. The first kappa shape index (κ1) is 40.8. The van der Waals surface area contributed by atoms with E-state index in [9.17, 15) is 31.1 Å². The van der Waals surface area contributed by atoms with Gasteiger partial charge in [-0.1, -0.05) is 109 Å². The number of hydrazine groups is 1. The lowest BCUT2D eigenvalue weighted by Crippen LogP contribution is -2.70. The van der Waals surface area contributed by atoms with Gasteiger partial charge in [-0.05, 0) is 46.5 Å². The summed E-state index contributed by atoms with van der Waals surface area (Å²) < 4.78 is 85.1. The Balaban J connectivity index is 1.19. The molecule has 5 aromatic carbocycles. The molecule has 13 heteroatoms. The van der Waals surface area contributed by atoms with Gasteiger partial charge in [0.1, 0.15) is 11.5 Å². The third-order valence-corrected chi connectivity index (χ3v) is 11.9. The van der Waals surface area contributed by atoms with E-state index in [0.717, 1.165) is 33.8 Å². The number of nitrogens with zero attached hydrogens (tertiary/aromatic N) is 4. The van der Waals surface area contributed by atoms with Crippen molar-refractivity contribution < 1.29 is 35.9 Å². The number of hydrogen-bond acceptors (Lipinski definition) is 6. The van der Waals surface area contributed by atoms with Gasteiger partial charge in [0, 0.05) is 74.9 Å². The Kier molecular flexibility index (Phi) is 11.0. The molecule has 3 heterocycles. The number of halogens is 6. The van der Waals surface area contributed by atoms with Crippen LogP contribution in [0.5, 0.6) is 0 Å². The van der Waals surface area contributed by atoms with Crippen LogP contribution in [0, 0.1) is 0 Å². The van der Waals surface area contributed by atoms with E-state index in [0.29, 0.717) is 50.4 Å². The van der Waals surface area contributed by atoms with Crippen molar-refractivity contribution in [3.05, 3.63) is 185 Å². The maximum absolute atomic E-state index is 15.1. The number of carbonyl (C=O) groups excluding carboxylic acids is 2. The SMILES string of the molecule is O=C=CN1CCN(N2CCN(C(c3ccccc3)(c3ccccc3)c3ccccc3)CC2)CC1(Cc1c[nH]c2ccccc12)C(=O)c1cc(C(F)(F)F)cc(C(F)(F)F)c1. The van der Waals surface area contributed by atoms with Gasteiger partial charge < -0.3 is 9.88 Å². The summed E-state index contributed by atoms with van der Waals surface area (Å²) in [7, 11) is 0. The second-order valence-electron chi connectivity index (χ2n) is 15.3. The zero-order valence-electron chi connectivity index (χ0n) is 32.4. The van der Waals surface area contributed by atoms with E-state index in [1.807, 2.05) is 77.8 Å². The maximum atomic E-state index is 15.1. The molecule has 0 amide bonds. The average Bonchev–Trinajstić information content (AvgIpc) is 3.67. The first-order chi connectivity index (χ1) is 28.8. The average molecular weight is 822 g/mol. The molecule has 7 nitrogen and oxygen atoms in total. The summed E-state index contributed by atoms with van der Waals surface area (Å²) in [6.07, 6.45) is -7.75. The second kappa shape index (κ2) is 16.2. The number of ketones is 1. The highest BCUT2D eigenvalue weighted by Gasteiger charge is 2.51. The topological polar surface area (TPSA) is 62.9 Å². The lowest BCUT2D eigenvalue weighted by atomic mass is 9.75. The quantitative estimate of drug-likeness (QED) is 0.0646. The van der Waals surface area contributed by atoms with Crippen LogP contribution in [0.4, 0.5) is 26.3 Å². The molecule has 308 valence electrons. The third-order valence-electron chi connectivity index (χ3n) is 11.9. The molecule has 2 aliphatic heterocycles. The lowest BCUT2D eigenvalue weighted by molar-refractivity contribution is -0.143. The van der Waals surface area contributed by atoms with E-state index in [4.69, 9.17) is 0 Å². The number of aromatic amines is 1. The molecule has 0 saturated carbocycles. The number of alkyl halides is 6. The van der Waals surface area contributed by atoms with Crippen LogP contribution in [0.15, 0.2) is 146 Å². The number of piperazine rings is 2. The molecule has 60 heavy (non-hydrogen) atoms. The van der Waals surface area contributed by atoms with Gasteiger partial charge in [0.15, 0.2) is 5.78 Å². The Morgan fingerprint density at radius 3 is 1.65 bits per heavy atom. The fraction of sp³-hybridized carbons (Fsp3) is 0.255. The number of para-hydroxylation sites is 1. The summed E-state index contributed by atoms with van der Waals surface area (Å²) in [4.78, 5) is 34.3. The minimum Gasteiger partial charge on any atom is -0.361 e. The van der Waals surface area contributed by atoms with Gasteiger partial charge in [-0.15, -0.1) is 0 Å². The zero-order valence-corrected chi connectivity index (χ0v) is 32.4. The van der Waals surface area contributed by atoms with Gasteiger partial charge in [0.05, 0.1) is 22.9 Å². The molecule has 1 N–H and O–H groups in total. The summed E-state index contributed by atoms with van der Waals surface area (Å²) in [6, 6.07) is 39.0. The minimum atomic E-state index is -5.17. The Bertz CT molecular complexity index is 2370. The van der Waals surface area contributed by atoms with Crippen molar-refractivity contribution in [2.45, 2.75) is 29.9 Å². The number of aromatic nitrogens is 1. The van der Waals surface area contributed by atoms with Gasteiger partial charge in [-0.3, -0.25) is 9.69 Å². The first-order valence-corrected chi connectivity index (χ1v) is 19.6. The zero-order chi connectivity index (χ0) is 42.1. The van der Waals surface area contributed by atoms with Crippen molar-refractivity contribution in [1.82, 2.24) is 24.8 Å². The molecule has 0 spiro atoms. The van der Waals surface area contributed by atoms with E-state index < -0.39 is 45.9 Å². The third kappa shape index (κ3) is 7.54. The van der Waals surface area contributed by atoms with Crippen LogP contribution in [0.2, 0.25) is 0 Å². The molecule has 1 aromatic heterocycles. The number of benzene rings is 5. The molecule has 1 atom stereocenters. The predicted molar refractivity (Wildman–Crippen MR) is 216 cm³/mol. The molecule has 2 saturated heterocycles. The van der Waals surface area contributed by atoms with E-state index in [1.165, 1.54) is 4.90 Å². The summed E-state index contributed by atoms with van der Waals surface area (Å²) in [5, 5.41) is 4.80. The summed E-state index contributed by atoms with van der Waals surface area (Å²) in [5.74, 6) is 0.766. The highest BCUT2D eigenvalue weighted by atomic mass is 19.4. The van der Waals surface area contributed by atoms with Crippen LogP contribution in [0.25, 0.3) is 10.9 Å². The molecule has 0 bridgehead atoms. The van der Waals surface area contributed by atoms with Gasteiger partial charge in [0.2, 0.25) is 0 Å². The summed E-state index contributed by atoms with van der Waals surface area (Å²) in [6.45, 7) is 2.32. The van der Waals surface area contributed by atoms with Crippen molar-refractivity contribution in [2.24, 2.45) is 0 Å². The van der Waals surface area contributed by atoms with Crippen LogP contribution < -0.4 is 0 Å². The van der Waals surface area contributed by atoms with Crippen LogP contribution in [-0.2, 0) is 29.1 Å². The van der Waals surface area contributed by atoms with Gasteiger partial charge in [-0.2, -0.15) is 26.3 Å². The van der Waals surface area contributed by atoms with E-state index >= 15 is 4.79 Å². The predicted octanol–water partition coefficient (Wildman–Crippen LogP) is 8.86. The lowest BCUT2D eigenvalue weighted by Gasteiger charge is -2.54. The van der Waals surface area contributed by atoms with Crippen LogP contribution in [-0.4, -0.2) is 87.9 Å². The molecule has 6 aromatic rings. The summed E-state index contributed by atoms with van der Waals surface area (Å²) >= 11 is 0. The molecule has 8 rings (SSSR count). The molecule has 0 aliphatic carbocycles. The van der Waals surface area contributed by atoms with Crippen molar-refractivity contribution in [3.63, 3.8) is 0 Å². The minimum absolute atomic E-state index is 0.0131. The van der Waals surface area contributed by atoms with Crippen molar-refractivity contribution in [2.75, 3.05) is 45.8 Å². The first-order valence-electron chi connectivity index (χ1n) is 19.6. The van der Waals surface area contributed by atoms with Gasteiger partial charge in [0.25, 0.3) is 0 Å². The fourth-order valence-corrected chi connectivity index (χ4v) is 9.19. The second-order valence-corrected chi connectivity index (χ2v) is 15.3. The fourth-order valence-electron chi connectivity index (χ4n) is 9.19. The van der Waals surface area contributed by atoms with Crippen LogP contribution in [0.3, 0.4) is 0 Å². The monoisotopic (exact) mass is 821 g/mol. The van der Waals surface area contributed by atoms with E-state index in [1.54, 1.807) is 18.2 Å². The van der Waals surface area contributed by atoms with E-state index in [2.05, 4.69) is 51.3 Å². The van der Waals surface area contributed by atoms with Crippen LogP contribution in [0.1, 0.15) is 43.7 Å². The molecule has 0 radical (unpaired) electrons. The number of carbonyl (C=O) groups is 1. The van der Waals surface area contributed by atoms with Gasteiger partial charge in [-0.25, -0.2) is 14.8 Å². The Hall–Kier alpha value is -5.98. The van der Waals surface area contributed by atoms with Crippen molar-refractivity contribution >= 4 is 22.6 Å². The number of hydrogen-bond donors (Lipinski definition) is 1. The maximum Gasteiger partial charge on any atom is 0.416 e. The number of rotatable bonds is 10. The number of Topliss-reactive ketones (excluding diaryl/α,β-unsaturated/α-hetero) is 1. The molecule has 2 fully saturated rings. The van der Waals surface area contributed by atoms with Crippen molar-refractivity contribution in [1.29, 1.82) is 0 Å².